The number of carbonyl (C=O) groups excluding carboxylic acids is 2. The molecule has 2 aromatic heterocycles. The summed E-state index contributed by atoms with van der Waals surface area (Å²) in [6.07, 6.45) is 2.89. The molecule has 0 fully saturated rings. The predicted molar refractivity (Wildman–Crippen MR) is 105 cm³/mol. The monoisotopic (exact) mass is 398 g/mol. The van der Waals surface area contributed by atoms with E-state index in [9.17, 15) is 9.59 Å². The van der Waals surface area contributed by atoms with Crippen molar-refractivity contribution in [1.29, 1.82) is 0 Å². The van der Waals surface area contributed by atoms with Crippen LogP contribution in [0.4, 0.5) is 21.0 Å². The molecule has 3 aromatic rings. The van der Waals surface area contributed by atoms with Crippen molar-refractivity contribution in [3.8, 4) is 0 Å². The number of urea groups is 2. The smallest absolute Gasteiger partial charge is 0.319 e. The van der Waals surface area contributed by atoms with Gasteiger partial charge < -0.3 is 30.3 Å². The molecule has 0 saturated heterocycles. The standard InChI is InChI=1S/C19H22N6O4/c1-11-4-5-14(22-18(26)20-12(2)15-6-8-28-24-15)10-17(11)23-19(27)21-13(3)16-7-9-29-25-16/h4-10,12-13H,1-3H3,(H2,20,22,26)(H2,21,23,27)/t12-,13+/m1/s1. The Kier molecular flexibility index (Phi) is 6.12. The Morgan fingerprint density at radius 1 is 0.862 bits per heavy atom. The lowest BCUT2D eigenvalue weighted by atomic mass is 10.2. The van der Waals surface area contributed by atoms with E-state index in [0.29, 0.717) is 22.8 Å². The van der Waals surface area contributed by atoms with Crippen molar-refractivity contribution in [1.82, 2.24) is 20.9 Å². The number of aryl methyl sites for hydroxylation is 1. The van der Waals surface area contributed by atoms with Crippen LogP contribution in [0.3, 0.4) is 0 Å². The van der Waals surface area contributed by atoms with Crippen molar-refractivity contribution in [2.24, 2.45) is 0 Å². The SMILES string of the molecule is Cc1ccc(NC(=O)N[C@H](C)c2ccon2)cc1NC(=O)N[C@@H](C)c1ccon1. The molecule has 0 aliphatic rings. The summed E-state index contributed by atoms with van der Waals surface area (Å²) in [5.74, 6) is 0. The van der Waals surface area contributed by atoms with Gasteiger partial charge in [0.05, 0.1) is 12.1 Å². The van der Waals surface area contributed by atoms with Gasteiger partial charge in [-0.1, -0.05) is 16.4 Å². The summed E-state index contributed by atoms with van der Waals surface area (Å²) in [5.41, 5.74) is 3.17. The highest BCUT2D eigenvalue weighted by Gasteiger charge is 2.15. The highest BCUT2D eigenvalue weighted by Crippen LogP contribution is 2.21. The number of nitrogens with one attached hydrogen (secondary N) is 4. The summed E-state index contributed by atoms with van der Waals surface area (Å²) < 4.78 is 9.56. The first-order valence-corrected chi connectivity index (χ1v) is 8.98. The molecule has 0 saturated carbocycles. The first-order valence-electron chi connectivity index (χ1n) is 8.98. The van der Waals surface area contributed by atoms with Gasteiger partial charge >= 0.3 is 12.1 Å². The van der Waals surface area contributed by atoms with Gasteiger partial charge in [0, 0.05) is 23.5 Å². The van der Waals surface area contributed by atoms with Crippen LogP contribution in [0.25, 0.3) is 0 Å². The van der Waals surface area contributed by atoms with Crippen LogP contribution >= 0.6 is 0 Å². The highest BCUT2D eigenvalue weighted by atomic mass is 16.5. The van der Waals surface area contributed by atoms with Gasteiger partial charge in [0.25, 0.3) is 0 Å². The van der Waals surface area contributed by atoms with E-state index in [4.69, 9.17) is 9.05 Å². The number of anilines is 2. The number of carbonyl (C=O) groups is 2. The second-order valence-corrected chi connectivity index (χ2v) is 6.52. The minimum Gasteiger partial charge on any atom is -0.364 e. The quantitative estimate of drug-likeness (QED) is 0.500. The van der Waals surface area contributed by atoms with Crippen molar-refractivity contribution in [3.63, 3.8) is 0 Å². The Balaban J connectivity index is 1.58. The molecule has 4 N–H and O–H groups in total. The third-order valence-electron chi connectivity index (χ3n) is 4.24. The molecule has 0 bridgehead atoms. The molecule has 10 heteroatoms. The fourth-order valence-electron chi connectivity index (χ4n) is 2.59. The fourth-order valence-corrected chi connectivity index (χ4v) is 2.59. The number of benzene rings is 1. The van der Waals surface area contributed by atoms with Crippen LogP contribution in [0, 0.1) is 6.92 Å². The number of aromatic nitrogens is 2. The molecule has 2 atom stereocenters. The van der Waals surface area contributed by atoms with Crippen LogP contribution in [0.15, 0.2) is 51.9 Å². The molecule has 0 unspecified atom stereocenters. The predicted octanol–water partition coefficient (Wildman–Crippen LogP) is 3.74. The molecule has 3 rings (SSSR count). The molecular formula is C19H22N6O4. The first kappa shape index (κ1) is 19.9. The van der Waals surface area contributed by atoms with Crippen molar-refractivity contribution in [3.05, 3.63) is 59.8 Å². The van der Waals surface area contributed by atoms with Gasteiger partial charge in [-0.2, -0.15) is 0 Å². The van der Waals surface area contributed by atoms with E-state index < -0.39 is 12.1 Å². The second kappa shape index (κ2) is 8.91. The van der Waals surface area contributed by atoms with Gasteiger partial charge in [-0.05, 0) is 38.5 Å². The molecular weight excluding hydrogens is 376 g/mol. The van der Waals surface area contributed by atoms with E-state index >= 15 is 0 Å². The van der Waals surface area contributed by atoms with Crippen molar-refractivity contribution >= 4 is 23.4 Å². The van der Waals surface area contributed by atoms with Crippen LogP contribution < -0.4 is 21.3 Å². The average Bonchev–Trinajstić information content (AvgIpc) is 3.38. The number of amides is 4. The van der Waals surface area contributed by atoms with Crippen LogP contribution in [0.5, 0.6) is 0 Å². The Hall–Kier alpha value is -3.82. The molecule has 2 heterocycles. The van der Waals surface area contributed by atoms with Crippen LogP contribution in [-0.2, 0) is 0 Å². The minimum atomic E-state index is -0.403. The normalized spacial score (nSPS) is 12.7. The van der Waals surface area contributed by atoms with Crippen molar-refractivity contribution < 1.29 is 18.6 Å². The molecule has 4 amide bonds. The minimum absolute atomic E-state index is 0.319. The Labute approximate surface area is 167 Å². The van der Waals surface area contributed by atoms with Crippen molar-refractivity contribution in [2.45, 2.75) is 32.9 Å². The topological polar surface area (TPSA) is 134 Å². The number of hydrogen-bond acceptors (Lipinski definition) is 6. The molecule has 10 nitrogen and oxygen atoms in total. The van der Waals surface area contributed by atoms with Gasteiger partial charge in [0.1, 0.15) is 23.9 Å². The van der Waals surface area contributed by atoms with E-state index in [-0.39, 0.29) is 12.1 Å². The van der Waals surface area contributed by atoms with Gasteiger partial charge in [-0.3, -0.25) is 0 Å². The third-order valence-corrected chi connectivity index (χ3v) is 4.24. The van der Waals surface area contributed by atoms with Gasteiger partial charge in [0.2, 0.25) is 0 Å². The largest absolute Gasteiger partial charge is 0.364 e. The maximum Gasteiger partial charge on any atom is 0.319 e. The van der Waals surface area contributed by atoms with Crippen molar-refractivity contribution in [2.75, 3.05) is 10.6 Å². The third kappa shape index (κ3) is 5.34. The summed E-state index contributed by atoms with van der Waals surface area (Å²) >= 11 is 0. The summed E-state index contributed by atoms with van der Waals surface area (Å²) in [6.45, 7) is 5.44. The molecule has 0 aliphatic heterocycles. The van der Waals surface area contributed by atoms with E-state index in [2.05, 4.69) is 31.6 Å². The number of hydrogen-bond donors (Lipinski definition) is 4. The van der Waals surface area contributed by atoms with Gasteiger partial charge in [-0.25, -0.2) is 9.59 Å². The summed E-state index contributed by atoms with van der Waals surface area (Å²) in [5, 5.41) is 18.6. The van der Waals surface area contributed by atoms with Crippen LogP contribution in [0.1, 0.15) is 42.9 Å². The molecule has 29 heavy (non-hydrogen) atoms. The van der Waals surface area contributed by atoms with Gasteiger partial charge in [-0.15, -0.1) is 0 Å². The molecule has 0 radical (unpaired) electrons. The lowest BCUT2D eigenvalue weighted by molar-refractivity contribution is 0.248. The Bertz CT molecular complexity index is 955. The molecule has 1 aromatic carbocycles. The Morgan fingerprint density at radius 2 is 1.41 bits per heavy atom. The van der Waals surface area contributed by atoms with Crippen LogP contribution in [0.2, 0.25) is 0 Å². The molecule has 0 spiro atoms. The zero-order chi connectivity index (χ0) is 20.8. The number of rotatable bonds is 6. The van der Waals surface area contributed by atoms with E-state index in [1.807, 2.05) is 6.92 Å². The highest BCUT2D eigenvalue weighted by molar-refractivity contribution is 5.93. The average molecular weight is 398 g/mol. The first-order chi connectivity index (χ1) is 13.9. The summed E-state index contributed by atoms with van der Waals surface area (Å²) in [7, 11) is 0. The van der Waals surface area contributed by atoms with E-state index in [1.54, 1.807) is 44.2 Å². The fraction of sp³-hybridized carbons (Fsp3) is 0.263. The number of nitrogens with zero attached hydrogens (tertiary/aromatic N) is 2. The molecule has 152 valence electrons. The van der Waals surface area contributed by atoms with Crippen LogP contribution in [-0.4, -0.2) is 22.4 Å². The Morgan fingerprint density at radius 3 is 1.93 bits per heavy atom. The maximum atomic E-state index is 12.3. The second-order valence-electron chi connectivity index (χ2n) is 6.52. The van der Waals surface area contributed by atoms with E-state index in [1.165, 1.54) is 12.5 Å². The lowest BCUT2D eigenvalue weighted by Crippen LogP contribution is -2.32. The summed E-state index contributed by atoms with van der Waals surface area (Å²) in [6, 6.07) is 7.14. The lowest BCUT2D eigenvalue weighted by Gasteiger charge is -2.16. The van der Waals surface area contributed by atoms with Gasteiger partial charge in [0.15, 0.2) is 0 Å². The van der Waals surface area contributed by atoms with E-state index in [0.717, 1.165) is 5.56 Å². The maximum absolute atomic E-state index is 12.3. The zero-order valence-electron chi connectivity index (χ0n) is 16.2. The molecule has 0 aliphatic carbocycles. The zero-order valence-corrected chi connectivity index (χ0v) is 16.2. The summed E-state index contributed by atoms with van der Waals surface area (Å²) in [4.78, 5) is 24.5.